The molecule has 1 unspecified atom stereocenters. The van der Waals surface area contributed by atoms with Crippen LogP contribution in [0, 0.1) is 5.92 Å². The van der Waals surface area contributed by atoms with E-state index in [1.54, 1.807) is 14.1 Å². The Morgan fingerprint density at radius 1 is 1.23 bits per heavy atom. The van der Waals surface area contributed by atoms with Crippen molar-refractivity contribution in [1.82, 2.24) is 14.9 Å². The summed E-state index contributed by atoms with van der Waals surface area (Å²) in [6, 6.07) is 2.55. The molecule has 0 saturated carbocycles. The minimum atomic E-state index is -1.17. The van der Waals surface area contributed by atoms with Gasteiger partial charge in [0.1, 0.15) is 5.82 Å². The van der Waals surface area contributed by atoms with E-state index in [0.717, 1.165) is 16.2 Å². The van der Waals surface area contributed by atoms with Gasteiger partial charge in [0.05, 0.1) is 16.5 Å². The van der Waals surface area contributed by atoms with Crippen molar-refractivity contribution in [3.63, 3.8) is 0 Å². The molecule has 1 aliphatic carbocycles. The molecule has 2 N–H and O–H groups in total. The van der Waals surface area contributed by atoms with Crippen molar-refractivity contribution in [1.29, 1.82) is 0 Å². The van der Waals surface area contributed by atoms with Crippen LogP contribution in [0.2, 0.25) is 0 Å². The van der Waals surface area contributed by atoms with Crippen LogP contribution in [0.4, 0.5) is 20.5 Å². The highest BCUT2D eigenvalue weighted by atomic mass is 32.1. The average Bonchev–Trinajstić information content (AvgIpc) is 3.05. The minimum Gasteiger partial charge on any atom is -0.465 e. The molecule has 1 atom stereocenters. The van der Waals surface area contributed by atoms with Gasteiger partial charge >= 0.3 is 12.1 Å². The molecule has 158 valence electrons. The highest BCUT2D eigenvalue weighted by molar-refractivity contribution is 7.17. The number of Topliss-reactive ketones (excluding diaryl/α,β-unsaturated/α-hetero) is 2. The first-order valence-corrected chi connectivity index (χ1v) is 9.99. The molecule has 2 aromatic heterocycles. The summed E-state index contributed by atoms with van der Waals surface area (Å²) in [5.74, 6) is -1.37. The number of pyridine rings is 1. The maximum absolute atomic E-state index is 13.1. The summed E-state index contributed by atoms with van der Waals surface area (Å²) in [5.41, 5.74) is 0.830. The molecule has 0 spiro atoms. The van der Waals surface area contributed by atoms with E-state index in [1.807, 2.05) is 0 Å². The van der Waals surface area contributed by atoms with Gasteiger partial charge in [0, 0.05) is 32.9 Å². The van der Waals surface area contributed by atoms with Gasteiger partial charge in [0.15, 0.2) is 16.7 Å². The lowest BCUT2D eigenvalue weighted by Gasteiger charge is -2.14. The lowest BCUT2D eigenvalue weighted by Crippen LogP contribution is -2.27. The van der Waals surface area contributed by atoms with Gasteiger partial charge in [-0.15, -0.1) is 0 Å². The quantitative estimate of drug-likeness (QED) is 0.432. The van der Waals surface area contributed by atoms with E-state index < -0.39 is 12.0 Å². The van der Waals surface area contributed by atoms with E-state index in [4.69, 9.17) is 5.11 Å². The minimum absolute atomic E-state index is 0.178. The van der Waals surface area contributed by atoms with Crippen LogP contribution in [0.25, 0.3) is 0 Å². The molecule has 0 saturated heterocycles. The van der Waals surface area contributed by atoms with E-state index >= 15 is 0 Å². The van der Waals surface area contributed by atoms with Crippen LogP contribution in [-0.2, 0) is 6.42 Å². The maximum Gasteiger partial charge on any atom is 0.412 e. The molecule has 2 aromatic rings. The second kappa shape index (κ2) is 8.57. The number of anilines is 2. The Morgan fingerprint density at radius 2 is 1.97 bits per heavy atom. The summed E-state index contributed by atoms with van der Waals surface area (Å²) in [5, 5.41) is 12.0. The number of rotatable bonds is 4. The largest absolute Gasteiger partial charge is 0.465 e. The molecule has 0 aromatic carbocycles. The highest BCUT2D eigenvalue weighted by Gasteiger charge is 2.34. The molecule has 3 rings (SSSR count). The van der Waals surface area contributed by atoms with Crippen LogP contribution in [0.15, 0.2) is 18.3 Å². The fourth-order valence-corrected chi connectivity index (χ4v) is 4.01. The van der Waals surface area contributed by atoms with Crippen LogP contribution in [0.1, 0.15) is 38.6 Å². The second-order valence-corrected chi connectivity index (χ2v) is 8.04. The van der Waals surface area contributed by atoms with Gasteiger partial charge in [-0.25, -0.2) is 19.6 Å². The number of nitrogens with zero attached hydrogens (tertiary/aromatic N) is 4. The number of ketones is 2. The molecule has 0 bridgehead atoms. The fourth-order valence-electron chi connectivity index (χ4n) is 3.01. The van der Waals surface area contributed by atoms with Crippen molar-refractivity contribution in [3.8, 4) is 0 Å². The summed E-state index contributed by atoms with van der Waals surface area (Å²) < 4.78 is 0. The van der Waals surface area contributed by atoms with Crippen molar-refractivity contribution in [2.24, 2.45) is 5.92 Å². The van der Waals surface area contributed by atoms with Gasteiger partial charge in [0.2, 0.25) is 0 Å². The van der Waals surface area contributed by atoms with E-state index in [2.05, 4.69) is 15.3 Å². The number of fused-ring (bicyclic) bond motifs is 1. The topological polar surface area (TPSA) is 133 Å². The monoisotopic (exact) mass is 431 g/mol. The number of hydrogen-bond acceptors (Lipinski definition) is 7. The Balaban J connectivity index is 1.81. The summed E-state index contributed by atoms with van der Waals surface area (Å²) in [6.07, 6.45) is 1.64. The Bertz CT molecular complexity index is 1000. The van der Waals surface area contributed by atoms with Crippen LogP contribution in [0.5, 0.6) is 0 Å². The van der Waals surface area contributed by atoms with E-state index in [-0.39, 0.29) is 29.0 Å². The molecule has 11 heteroatoms. The van der Waals surface area contributed by atoms with Gasteiger partial charge < -0.3 is 10.0 Å². The Labute approximate surface area is 176 Å². The third-order valence-electron chi connectivity index (χ3n) is 4.74. The van der Waals surface area contributed by atoms with Crippen molar-refractivity contribution in [2.75, 3.05) is 31.4 Å². The molecule has 0 fully saturated rings. The van der Waals surface area contributed by atoms with Crippen LogP contribution < -0.4 is 10.2 Å². The number of amides is 3. The smallest absolute Gasteiger partial charge is 0.412 e. The predicted molar refractivity (Wildman–Crippen MR) is 111 cm³/mol. The number of aryl methyl sites for hydroxylation is 1. The van der Waals surface area contributed by atoms with E-state index in [9.17, 15) is 19.2 Å². The van der Waals surface area contributed by atoms with Crippen molar-refractivity contribution < 1.29 is 24.3 Å². The molecule has 1 aliphatic rings. The first-order valence-electron chi connectivity index (χ1n) is 9.18. The number of nitrogens with one attached hydrogen (secondary N) is 1. The normalized spacial score (nSPS) is 15.7. The summed E-state index contributed by atoms with van der Waals surface area (Å²) in [7, 11) is 4.54. The SMILES string of the molecule is CN(C)C(=O)Nc1nc2c(s1)C(=O)C(C(=O)c1ccc(N(C)C(=O)O)nc1)CCC2. The lowest BCUT2D eigenvalue weighted by atomic mass is 9.91. The first-order chi connectivity index (χ1) is 14.2. The Kier molecular flexibility index (Phi) is 6.11. The van der Waals surface area contributed by atoms with E-state index in [0.29, 0.717) is 35.0 Å². The summed E-state index contributed by atoms with van der Waals surface area (Å²) >= 11 is 1.07. The lowest BCUT2D eigenvalue weighted by molar-refractivity contribution is 0.0803. The fraction of sp³-hybridized carbons (Fsp3) is 0.368. The van der Waals surface area contributed by atoms with Crippen molar-refractivity contribution >= 4 is 46.0 Å². The van der Waals surface area contributed by atoms with Gasteiger partial charge in [-0.05, 0) is 31.4 Å². The second-order valence-electron chi connectivity index (χ2n) is 7.04. The zero-order valence-electron chi connectivity index (χ0n) is 16.7. The van der Waals surface area contributed by atoms with Crippen LogP contribution in [0.3, 0.4) is 0 Å². The molecule has 0 radical (unpaired) electrons. The zero-order chi connectivity index (χ0) is 22.0. The number of carbonyl (C=O) groups excluding carboxylic acids is 3. The molecule has 10 nitrogen and oxygen atoms in total. The van der Waals surface area contributed by atoms with Crippen LogP contribution in [-0.4, -0.2) is 64.8 Å². The molecule has 0 aliphatic heterocycles. The molecule has 3 amide bonds. The standard InChI is InChI=1S/C19H21N5O5S/c1-23(2)18(27)22-17-21-12-6-4-5-11(15(26)16(12)30-17)14(25)10-7-8-13(20-9-10)24(3)19(28)29/h7-9,11H,4-6H2,1-3H3,(H,28,29)(H,21,22,27). The Morgan fingerprint density at radius 3 is 2.57 bits per heavy atom. The summed E-state index contributed by atoms with van der Waals surface area (Å²) in [6.45, 7) is 0. The summed E-state index contributed by atoms with van der Waals surface area (Å²) in [4.78, 5) is 59.9. The number of thiazole rings is 1. The Hall–Kier alpha value is -3.34. The zero-order valence-corrected chi connectivity index (χ0v) is 17.5. The average molecular weight is 431 g/mol. The molecule has 30 heavy (non-hydrogen) atoms. The third-order valence-corrected chi connectivity index (χ3v) is 5.77. The molecular formula is C19H21N5O5S. The first kappa shape index (κ1) is 21.4. The van der Waals surface area contributed by atoms with Crippen molar-refractivity contribution in [2.45, 2.75) is 19.3 Å². The number of hydrogen-bond donors (Lipinski definition) is 2. The van der Waals surface area contributed by atoms with Crippen LogP contribution >= 0.6 is 11.3 Å². The maximum atomic E-state index is 13.1. The number of urea groups is 1. The third kappa shape index (κ3) is 4.30. The number of aromatic nitrogens is 2. The van der Waals surface area contributed by atoms with Gasteiger partial charge in [0.25, 0.3) is 0 Å². The molecular weight excluding hydrogens is 410 g/mol. The number of carbonyl (C=O) groups is 4. The van der Waals surface area contributed by atoms with Gasteiger partial charge in [-0.1, -0.05) is 11.3 Å². The van der Waals surface area contributed by atoms with Gasteiger partial charge in [-0.2, -0.15) is 0 Å². The van der Waals surface area contributed by atoms with Crippen molar-refractivity contribution in [3.05, 3.63) is 34.5 Å². The highest BCUT2D eigenvalue weighted by Crippen LogP contribution is 2.33. The van der Waals surface area contributed by atoms with E-state index in [1.165, 1.54) is 30.3 Å². The predicted octanol–water partition coefficient (Wildman–Crippen LogP) is 2.76. The molecule has 2 heterocycles. The number of carboxylic acid groups (broad SMARTS) is 1. The van der Waals surface area contributed by atoms with Gasteiger partial charge in [-0.3, -0.25) is 19.8 Å².